The zero-order valence-electron chi connectivity index (χ0n) is 23.2. The maximum absolute atomic E-state index is 11.9. The van der Waals surface area contributed by atoms with E-state index in [1.807, 2.05) is 24.3 Å². The van der Waals surface area contributed by atoms with Crippen LogP contribution in [0, 0.1) is 0 Å². The highest BCUT2D eigenvalue weighted by molar-refractivity contribution is 5.63. The molecule has 206 valence electrons. The molecular formula is C31H48N2O4. The molecule has 0 amide bonds. The maximum atomic E-state index is 11.9. The Balaban J connectivity index is 1.57. The minimum absolute atomic E-state index is 0.274. The highest BCUT2D eigenvalue weighted by Crippen LogP contribution is 2.21. The third kappa shape index (κ3) is 14.6. The Morgan fingerprint density at radius 3 is 1.65 bits per heavy atom. The average Bonchev–Trinajstić information content (AvgIpc) is 2.92. The van der Waals surface area contributed by atoms with Gasteiger partial charge in [0.1, 0.15) is 5.75 Å². The molecular weight excluding hydrogens is 464 g/mol. The van der Waals surface area contributed by atoms with Gasteiger partial charge in [-0.1, -0.05) is 104 Å². The molecule has 6 heteroatoms. The molecule has 0 spiro atoms. The van der Waals surface area contributed by atoms with Gasteiger partial charge in [0.2, 0.25) is 0 Å². The zero-order chi connectivity index (χ0) is 26.4. The Kier molecular flexibility index (Phi) is 16.9. The topological polar surface area (TPSA) is 70.5 Å². The predicted molar refractivity (Wildman–Crippen MR) is 150 cm³/mol. The van der Waals surface area contributed by atoms with E-state index in [0.717, 1.165) is 37.2 Å². The minimum atomic E-state index is -0.709. The number of hydrogen-bond donors (Lipinski definition) is 0. The van der Waals surface area contributed by atoms with Crippen LogP contribution in [0.4, 0.5) is 4.79 Å². The van der Waals surface area contributed by atoms with Crippen molar-refractivity contribution in [2.24, 2.45) is 0 Å². The highest BCUT2D eigenvalue weighted by Gasteiger charge is 2.08. The van der Waals surface area contributed by atoms with Gasteiger partial charge in [-0.05, 0) is 37.1 Å². The van der Waals surface area contributed by atoms with Crippen LogP contribution < -0.4 is 9.47 Å². The van der Waals surface area contributed by atoms with Crippen molar-refractivity contribution in [2.45, 2.75) is 117 Å². The van der Waals surface area contributed by atoms with Crippen LogP contribution in [0.5, 0.6) is 11.5 Å². The third-order valence-corrected chi connectivity index (χ3v) is 6.43. The second kappa shape index (κ2) is 20.4. The lowest BCUT2D eigenvalue weighted by molar-refractivity contribution is 0.0970. The number of hydrogen-bond acceptors (Lipinski definition) is 6. The van der Waals surface area contributed by atoms with Crippen LogP contribution in [0.2, 0.25) is 0 Å². The molecule has 37 heavy (non-hydrogen) atoms. The summed E-state index contributed by atoms with van der Waals surface area (Å²) in [6.07, 6.45) is 22.2. The first-order valence-electron chi connectivity index (χ1n) is 14.6. The van der Waals surface area contributed by atoms with Crippen molar-refractivity contribution in [3.8, 4) is 22.9 Å². The number of nitrogens with zero attached hydrogens (tertiary/aromatic N) is 2. The molecule has 0 fully saturated rings. The van der Waals surface area contributed by atoms with E-state index in [4.69, 9.17) is 14.2 Å². The number of carbonyl (C=O) groups excluding carboxylic acids is 1. The standard InChI is InChI=1S/C31H48N2O4/c1-3-5-7-9-11-12-13-14-16-18-24-36-31(34)37-29-25-32-30(33-26-29)27-19-21-28(22-20-27)35-23-17-15-10-8-6-4-2/h19-22,25-26H,3-18,23-24H2,1-2H3. The molecule has 1 aromatic carbocycles. The zero-order valence-corrected chi connectivity index (χ0v) is 23.2. The molecule has 1 aromatic heterocycles. The van der Waals surface area contributed by atoms with Crippen molar-refractivity contribution >= 4 is 6.16 Å². The van der Waals surface area contributed by atoms with Crippen molar-refractivity contribution in [3.63, 3.8) is 0 Å². The second-order valence-corrected chi connectivity index (χ2v) is 9.77. The van der Waals surface area contributed by atoms with E-state index in [0.29, 0.717) is 12.4 Å². The van der Waals surface area contributed by atoms with E-state index in [2.05, 4.69) is 23.8 Å². The molecule has 0 N–H and O–H groups in total. The van der Waals surface area contributed by atoms with Crippen molar-refractivity contribution in [1.29, 1.82) is 0 Å². The van der Waals surface area contributed by atoms with Gasteiger partial charge in [0.05, 0.1) is 25.6 Å². The number of ether oxygens (including phenoxy) is 3. The fourth-order valence-corrected chi connectivity index (χ4v) is 4.16. The van der Waals surface area contributed by atoms with Crippen LogP contribution in [0.3, 0.4) is 0 Å². The molecule has 0 aliphatic heterocycles. The number of aromatic nitrogens is 2. The summed E-state index contributed by atoms with van der Waals surface area (Å²) in [5, 5.41) is 0. The van der Waals surface area contributed by atoms with Crippen LogP contribution in [0.1, 0.15) is 117 Å². The Morgan fingerprint density at radius 2 is 1.11 bits per heavy atom. The molecule has 0 atom stereocenters. The van der Waals surface area contributed by atoms with E-state index < -0.39 is 6.16 Å². The van der Waals surface area contributed by atoms with Crippen LogP contribution in [-0.2, 0) is 4.74 Å². The summed E-state index contributed by atoms with van der Waals surface area (Å²) in [5.74, 6) is 1.69. The molecule has 0 saturated heterocycles. The number of carbonyl (C=O) groups is 1. The first kappa shape index (κ1) is 30.6. The maximum Gasteiger partial charge on any atom is 0.513 e. The van der Waals surface area contributed by atoms with Crippen molar-refractivity contribution in [1.82, 2.24) is 9.97 Å². The van der Waals surface area contributed by atoms with Gasteiger partial charge in [0.25, 0.3) is 0 Å². The van der Waals surface area contributed by atoms with Crippen LogP contribution >= 0.6 is 0 Å². The molecule has 0 radical (unpaired) electrons. The molecule has 0 bridgehead atoms. The summed E-state index contributed by atoms with van der Waals surface area (Å²) in [6.45, 7) is 5.59. The summed E-state index contributed by atoms with van der Waals surface area (Å²) >= 11 is 0. The summed E-state index contributed by atoms with van der Waals surface area (Å²) in [4.78, 5) is 20.6. The highest BCUT2D eigenvalue weighted by atomic mass is 16.7. The van der Waals surface area contributed by atoms with E-state index >= 15 is 0 Å². The molecule has 2 aromatic rings. The lowest BCUT2D eigenvalue weighted by Crippen LogP contribution is -2.11. The lowest BCUT2D eigenvalue weighted by Gasteiger charge is -2.08. The van der Waals surface area contributed by atoms with Crippen molar-refractivity contribution in [3.05, 3.63) is 36.7 Å². The van der Waals surface area contributed by atoms with Crippen LogP contribution in [0.25, 0.3) is 11.4 Å². The Labute approximate surface area is 224 Å². The second-order valence-electron chi connectivity index (χ2n) is 9.77. The van der Waals surface area contributed by atoms with Gasteiger partial charge < -0.3 is 14.2 Å². The summed E-state index contributed by atoms with van der Waals surface area (Å²) < 4.78 is 16.2. The van der Waals surface area contributed by atoms with E-state index in [1.54, 1.807) is 0 Å². The third-order valence-electron chi connectivity index (χ3n) is 6.43. The first-order chi connectivity index (χ1) is 18.2. The molecule has 6 nitrogen and oxygen atoms in total. The Morgan fingerprint density at radius 1 is 0.622 bits per heavy atom. The first-order valence-corrected chi connectivity index (χ1v) is 14.6. The smallest absolute Gasteiger partial charge is 0.494 e. The number of rotatable bonds is 21. The Bertz CT molecular complexity index is 824. The van der Waals surface area contributed by atoms with Gasteiger partial charge in [-0.25, -0.2) is 14.8 Å². The van der Waals surface area contributed by atoms with E-state index in [9.17, 15) is 4.79 Å². The minimum Gasteiger partial charge on any atom is -0.494 e. The van der Waals surface area contributed by atoms with Gasteiger partial charge in [0.15, 0.2) is 11.6 Å². The van der Waals surface area contributed by atoms with Crippen LogP contribution in [-0.4, -0.2) is 29.3 Å². The molecule has 1 heterocycles. The predicted octanol–water partition coefficient (Wildman–Crippen LogP) is 9.32. The summed E-state index contributed by atoms with van der Waals surface area (Å²) in [5.41, 5.74) is 0.877. The normalized spacial score (nSPS) is 10.9. The van der Waals surface area contributed by atoms with Gasteiger partial charge >= 0.3 is 6.16 Å². The Hall–Kier alpha value is -2.63. The van der Waals surface area contributed by atoms with Crippen molar-refractivity contribution in [2.75, 3.05) is 13.2 Å². The van der Waals surface area contributed by atoms with Gasteiger partial charge in [-0.3, -0.25) is 0 Å². The van der Waals surface area contributed by atoms with E-state index in [1.165, 1.54) is 95.9 Å². The van der Waals surface area contributed by atoms with Gasteiger partial charge in [0, 0.05) is 5.56 Å². The fraction of sp³-hybridized carbons (Fsp3) is 0.645. The molecule has 0 unspecified atom stereocenters. The summed E-state index contributed by atoms with van der Waals surface area (Å²) in [6, 6.07) is 7.75. The summed E-state index contributed by atoms with van der Waals surface area (Å²) in [7, 11) is 0. The van der Waals surface area contributed by atoms with E-state index in [-0.39, 0.29) is 5.75 Å². The largest absolute Gasteiger partial charge is 0.513 e. The molecule has 2 rings (SSSR count). The van der Waals surface area contributed by atoms with Gasteiger partial charge in [-0.15, -0.1) is 0 Å². The van der Waals surface area contributed by atoms with Crippen molar-refractivity contribution < 1.29 is 19.0 Å². The number of benzene rings is 1. The monoisotopic (exact) mass is 512 g/mol. The quantitative estimate of drug-likeness (QED) is 0.123. The average molecular weight is 513 g/mol. The van der Waals surface area contributed by atoms with Gasteiger partial charge in [-0.2, -0.15) is 0 Å². The number of unbranched alkanes of at least 4 members (excludes halogenated alkanes) is 14. The SMILES string of the molecule is CCCCCCCCCCCCOC(=O)Oc1cnc(-c2ccc(OCCCCCCCC)cc2)nc1. The molecule has 0 saturated carbocycles. The van der Waals surface area contributed by atoms with Crippen LogP contribution in [0.15, 0.2) is 36.7 Å². The molecule has 0 aliphatic rings. The fourth-order valence-electron chi connectivity index (χ4n) is 4.16. The lowest BCUT2D eigenvalue weighted by atomic mass is 10.1. The molecule has 0 aliphatic carbocycles.